The van der Waals surface area contributed by atoms with Crippen molar-refractivity contribution in [1.29, 1.82) is 0 Å². The quantitative estimate of drug-likeness (QED) is 0.692. The molecule has 0 saturated carbocycles. The van der Waals surface area contributed by atoms with Crippen molar-refractivity contribution in [1.82, 2.24) is 4.98 Å². The molecule has 2 nitrogen and oxygen atoms in total. The number of anilines is 1. The minimum Gasteiger partial charge on any atom is -0.399 e. The van der Waals surface area contributed by atoms with Crippen molar-refractivity contribution < 1.29 is 0 Å². The van der Waals surface area contributed by atoms with E-state index in [9.17, 15) is 0 Å². The van der Waals surface area contributed by atoms with Gasteiger partial charge in [-0.3, -0.25) is 4.98 Å². The summed E-state index contributed by atoms with van der Waals surface area (Å²) >= 11 is 0. The van der Waals surface area contributed by atoms with Gasteiger partial charge in [-0.2, -0.15) is 0 Å². The maximum atomic E-state index is 5.71. The molecule has 2 heteroatoms. The number of rotatable bonds is 1. The third-order valence-electron chi connectivity index (χ3n) is 2.13. The summed E-state index contributed by atoms with van der Waals surface area (Å²) in [6.07, 6.45) is 1.87. The number of nitrogen functional groups attached to an aromatic ring is 1. The van der Waals surface area contributed by atoms with Crippen LogP contribution in [-0.2, 0) is 0 Å². The number of nitrogens with zero attached hydrogens (tertiary/aromatic N) is 1. The molecular formula is C12H12N2. The number of hydrogen-bond donors (Lipinski definition) is 1. The number of pyridine rings is 1. The number of nitrogens with two attached hydrogens (primary N) is 1. The molecule has 1 aromatic heterocycles. The monoisotopic (exact) mass is 184 g/mol. The molecule has 14 heavy (non-hydrogen) atoms. The van der Waals surface area contributed by atoms with E-state index in [4.69, 9.17) is 5.73 Å². The van der Waals surface area contributed by atoms with Gasteiger partial charge in [0.05, 0.1) is 0 Å². The third kappa shape index (κ3) is 1.74. The molecular weight excluding hydrogens is 172 g/mol. The Morgan fingerprint density at radius 2 is 1.93 bits per heavy atom. The first-order valence-electron chi connectivity index (χ1n) is 4.54. The molecule has 1 heterocycles. The fourth-order valence-corrected chi connectivity index (χ4v) is 1.36. The van der Waals surface area contributed by atoms with Crippen LogP contribution >= 0.6 is 0 Å². The molecule has 2 N–H and O–H groups in total. The fourth-order valence-electron chi connectivity index (χ4n) is 1.36. The highest BCUT2D eigenvalue weighted by atomic mass is 14.7. The van der Waals surface area contributed by atoms with E-state index < -0.39 is 0 Å². The van der Waals surface area contributed by atoms with E-state index >= 15 is 0 Å². The van der Waals surface area contributed by atoms with Crippen molar-refractivity contribution in [3.8, 4) is 11.1 Å². The van der Waals surface area contributed by atoms with Crippen molar-refractivity contribution >= 4 is 5.69 Å². The summed E-state index contributed by atoms with van der Waals surface area (Å²) in [5.41, 5.74) is 9.72. The van der Waals surface area contributed by atoms with Gasteiger partial charge in [0.15, 0.2) is 0 Å². The lowest BCUT2D eigenvalue weighted by atomic mass is 10.1. The van der Waals surface area contributed by atoms with E-state index in [1.54, 1.807) is 0 Å². The topological polar surface area (TPSA) is 38.9 Å². The molecule has 2 rings (SSSR count). The molecule has 2 aromatic rings. The van der Waals surface area contributed by atoms with E-state index in [1.807, 2.05) is 43.5 Å². The summed E-state index contributed by atoms with van der Waals surface area (Å²) < 4.78 is 0. The Labute approximate surface area is 83.4 Å². The molecule has 0 spiro atoms. The van der Waals surface area contributed by atoms with Gasteiger partial charge in [0.1, 0.15) is 0 Å². The second-order valence-corrected chi connectivity index (χ2v) is 3.31. The van der Waals surface area contributed by atoms with Crippen LogP contribution in [0.25, 0.3) is 11.1 Å². The second-order valence-electron chi connectivity index (χ2n) is 3.31. The molecule has 0 bridgehead atoms. The number of benzene rings is 1. The molecule has 70 valence electrons. The fraction of sp³-hybridized carbons (Fsp3) is 0.0833. The molecule has 1 aromatic carbocycles. The minimum atomic E-state index is 0.781. The van der Waals surface area contributed by atoms with Crippen LogP contribution in [0.3, 0.4) is 0 Å². The van der Waals surface area contributed by atoms with Crippen LogP contribution in [0.4, 0.5) is 5.69 Å². The summed E-state index contributed by atoms with van der Waals surface area (Å²) in [6.45, 7) is 1.98. The highest BCUT2D eigenvalue weighted by molar-refractivity contribution is 5.66. The van der Waals surface area contributed by atoms with Crippen molar-refractivity contribution in [3.05, 3.63) is 48.3 Å². The van der Waals surface area contributed by atoms with E-state index in [-0.39, 0.29) is 0 Å². The van der Waals surface area contributed by atoms with Gasteiger partial charge in [-0.25, -0.2) is 0 Å². The number of aryl methyl sites for hydroxylation is 1. The van der Waals surface area contributed by atoms with Gasteiger partial charge >= 0.3 is 0 Å². The summed E-state index contributed by atoms with van der Waals surface area (Å²) in [7, 11) is 0. The maximum Gasteiger partial charge on any atom is 0.0373 e. The van der Waals surface area contributed by atoms with Crippen molar-refractivity contribution in [2.24, 2.45) is 0 Å². The first kappa shape index (κ1) is 8.75. The Bertz CT molecular complexity index is 432. The number of aromatic nitrogens is 1. The SMILES string of the molecule is Cc1ccc(-c2cccc(N)c2)cn1. The van der Waals surface area contributed by atoms with E-state index in [1.165, 1.54) is 0 Å². The molecule has 0 unspecified atom stereocenters. The average Bonchev–Trinajstić information content (AvgIpc) is 2.19. The zero-order chi connectivity index (χ0) is 9.97. The van der Waals surface area contributed by atoms with Crippen LogP contribution < -0.4 is 5.73 Å². The zero-order valence-electron chi connectivity index (χ0n) is 8.07. The molecule has 0 aliphatic heterocycles. The molecule has 0 radical (unpaired) electrons. The first-order valence-corrected chi connectivity index (χ1v) is 4.54. The van der Waals surface area contributed by atoms with Gasteiger partial charge in [-0.15, -0.1) is 0 Å². The Balaban J connectivity index is 2.44. The zero-order valence-corrected chi connectivity index (χ0v) is 8.07. The van der Waals surface area contributed by atoms with Crippen molar-refractivity contribution in [2.75, 3.05) is 5.73 Å². The van der Waals surface area contributed by atoms with Crippen molar-refractivity contribution in [3.63, 3.8) is 0 Å². The minimum absolute atomic E-state index is 0.781. The van der Waals surface area contributed by atoms with Crippen molar-refractivity contribution in [2.45, 2.75) is 6.92 Å². The van der Waals surface area contributed by atoms with Gasteiger partial charge in [0.25, 0.3) is 0 Å². The highest BCUT2D eigenvalue weighted by Crippen LogP contribution is 2.20. The van der Waals surface area contributed by atoms with Gasteiger partial charge in [0, 0.05) is 23.1 Å². The predicted molar refractivity (Wildman–Crippen MR) is 58.8 cm³/mol. The summed E-state index contributed by atoms with van der Waals surface area (Å²) in [6, 6.07) is 11.9. The van der Waals surface area contributed by atoms with Gasteiger partial charge in [0.2, 0.25) is 0 Å². The maximum absolute atomic E-state index is 5.71. The van der Waals surface area contributed by atoms with Gasteiger partial charge in [-0.05, 0) is 30.7 Å². The molecule has 0 fully saturated rings. The Morgan fingerprint density at radius 3 is 2.57 bits per heavy atom. The molecule has 0 amide bonds. The predicted octanol–water partition coefficient (Wildman–Crippen LogP) is 2.64. The Kier molecular flexibility index (Phi) is 2.19. The molecule has 0 aliphatic rings. The van der Waals surface area contributed by atoms with E-state index in [0.29, 0.717) is 0 Å². The molecule has 0 aliphatic carbocycles. The Morgan fingerprint density at radius 1 is 1.07 bits per heavy atom. The van der Waals surface area contributed by atoms with Crippen LogP contribution in [0.5, 0.6) is 0 Å². The lowest BCUT2D eigenvalue weighted by molar-refractivity contribution is 1.20. The normalized spacial score (nSPS) is 10.1. The second kappa shape index (κ2) is 3.50. The Hall–Kier alpha value is -1.83. The van der Waals surface area contributed by atoms with Gasteiger partial charge < -0.3 is 5.73 Å². The first-order chi connectivity index (χ1) is 6.75. The van der Waals surface area contributed by atoms with Crippen LogP contribution in [0.1, 0.15) is 5.69 Å². The average molecular weight is 184 g/mol. The lowest BCUT2D eigenvalue weighted by Crippen LogP contribution is -1.86. The summed E-state index contributed by atoms with van der Waals surface area (Å²) in [5.74, 6) is 0. The van der Waals surface area contributed by atoms with E-state index in [0.717, 1.165) is 22.5 Å². The van der Waals surface area contributed by atoms with Crippen LogP contribution in [0.2, 0.25) is 0 Å². The van der Waals surface area contributed by atoms with Gasteiger partial charge in [-0.1, -0.05) is 18.2 Å². The third-order valence-corrected chi connectivity index (χ3v) is 2.13. The standard InChI is InChI=1S/C12H12N2/c1-9-5-6-11(8-14-9)10-3-2-4-12(13)7-10/h2-8H,13H2,1H3. The number of hydrogen-bond acceptors (Lipinski definition) is 2. The van der Waals surface area contributed by atoms with Crippen LogP contribution in [-0.4, -0.2) is 4.98 Å². The largest absolute Gasteiger partial charge is 0.399 e. The molecule has 0 saturated heterocycles. The van der Waals surface area contributed by atoms with E-state index in [2.05, 4.69) is 11.1 Å². The summed E-state index contributed by atoms with van der Waals surface area (Å²) in [5, 5.41) is 0. The molecule has 0 atom stereocenters. The van der Waals surface area contributed by atoms with Crippen LogP contribution in [0.15, 0.2) is 42.6 Å². The highest BCUT2D eigenvalue weighted by Gasteiger charge is 1.97. The summed E-state index contributed by atoms with van der Waals surface area (Å²) in [4.78, 5) is 4.24. The van der Waals surface area contributed by atoms with Crippen LogP contribution in [0, 0.1) is 6.92 Å². The lowest BCUT2D eigenvalue weighted by Gasteiger charge is -2.02. The smallest absolute Gasteiger partial charge is 0.0373 e.